The van der Waals surface area contributed by atoms with Crippen LogP contribution in [0.1, 0.15) is 33.6 Å². The Morgan fingerprint density at radius 3 is 2.64 bits per heavy atom. The number of rotatable bonds is 6. The molecule has 1 amide bonds. The summed E-state index contributed by atoms with van der Waals surface area (Å²) in [6, 6.07) is 10.2. The summed E-state index contributed by atoms with van der Waals surface area (Å²) in [6.45, 7) is 4.07. The largest absolute Gasteiger partial charge is 0.489 e. The molecule has 22 heavy (non-hydrogen) atoms. The SMILES string of the molecule is Cc1cccc(OC(C)CNC(=O)c2ccc(C(=O)O)o2)c1. The highest BCUT2D eigenvalue weighted by Crippen LogP contribution is 2.14. The number of hydrogen-bond donors (Lipinski definition) is 2. The third-order valence-corrected chi connectivity index (χ3v) is 2.92. The van der Waals surface area contributed by atoms with E-state index in [1.807, 2.05) is 38.1 Å². The van der Waals surface area contributed by atoms with E-state index in [-0.39, 0.29) is 24.2 Å². The monoisotopic (exact) mass is 303 g/mol. The van der Waals surface area contributed by atoms with Crippen molar-refractivity contribution in [3.63, 3.8) is 0 Å². The number of furan rings is 1. The van der Waals surface area contributed by atoms with E-state index in [9.17, 15) is 9.59 Å². The molecule has 0 aliphatic rings. The lowest BCUT2D eigenvalue weighted by Gasteiger charge is -2.15. The topological polar surface area (TPSA) is 88.8 Å². The molecule has 2 N–H and O–H groups in total. The Morgan fingerprint density at radius 2 is 2.00 bits per heavy atom. The zero-order valence-electron chi connectivity index (χ0n) is 12.3. The predicted octanol–water partition coefficient (Wildman–Crippen LogP) is 2.48. The van der Waals surface area contributed by atoms with Crippen LogP contribution < -0.4 is 10.1 Å². The van der Waals surface area contributed by atoms with Gasteiger partial charge in [-0.15, -0.1) is 0 Å². The minimum absolute atomic E-state index is 0.0415. The van der Waals surface area contributed by atoms with Gasteiger partial charge in [0.25, 0.3) is 5.91 Å². The molecular formula is C16H17NO5. The molecule has 0 aliphatic heterocycles. The lowest BCUT2D eigenvalue weighted by Crippen LogP contribution is -2.33. The fourth-order valence-corrected chi connectivity index (χ4v) is 1.86. The highest BCUT2D eigenvalue weighted by atomic mass is 16.5. The number of carbonyl (C=O) groups excluding carboxylic acids is 1. The van der Waals surface area contributed by atoms with Gasteiger partial charge in [-0.05, 0) is 43.7 Å². The van der Waals surface area contributed by atoms with Crippen LogP contribution >= 0.6 is 0 Å². The first-order valence-corrected chi connectivity index (χ1v) is 6.80. The zero-order chi connectivity index (χ0) is 16.1. The number of nitrogens with one attached hydrogen (secondary N) is 1. The molecule has 1 aromatic carbocycles. The van der Waals surface area contributed by atoms with Crippen molar-refractivity contribution in [2.24, 2.45) is 0 Å². The molecule has 0 bridgehead atoms. The normalized spacial score (nSPS) is 11.7. The number of amides is 1. The van der Waals surface area contributed by atoms with Gasteiger partial charge in [-0.1, -0.05) is 12.1 Å². The third-order valence-electron chi connectivity index (χ3n) is 2.92. The number of ether oxygens (including phenoxy) is 1. The molecule has 116 valence electrons. The van der Waals surface area contributed by atoms with Gasteiger partial charge in [-0.3, -0.25) is 4.79 Å². The van der Waals surface area contributed by atoms with Gasteiger partial charge in [-0.2, -0.15) is 0 Å². The Morgan fingerprint density at radius 1 is 1.27 bits per heavy atom. The highest BCUT2D eigenvalue weighted by molar-refractivity contribution is 5.93. The molecule has 1 aromatic heterocycles. The van der Waals surface area contributed by atoms with Crippen LogP contribution in [-0.2, 0) is 0 Å². The number of aryl methyl sites for hydroxylation is 1. The molecule has 0 radical (unpaired) electrons. The van der Waals surface area contributed by atoms with Crippen molar-refractivity contribution in [3.05, 3.63) is 53.5 Å². The molecule has 0 fully saturated rings. The number of carboxylic acids is 1. The van der Waals surface area contributed by atoms with Gasteiger partial charge in [0, 0.05) is 0 Å². The van der Waals surface area contributed by atoms with Gasteiger partial charge in [0.05, 0.1) is 6.54 Å². The molecule has 0 aliphatic carbocycles. The van der Waals surface area contributed by atoms with Gasteiger partial charge < -0.3 is 19.6 Å². The first-order chi connectivity index (χ1) is 10.5. The summed E-state index contributed by atoms with van der Waals surface area (Å²) in [6.07, 6.45) is -0.236. The maximum atomic E-state index is 11.8. The van der Waals surface area contributed by atoms with Crippen molar-refractivity contribution in [1.82, 2.24) is 5.32 Å². The summed E-state index contributed by atoms with van der Waals surface area (Å²) < 4.78 is 10.6. The Bertz CT molecular complexity index is 677. The minimum Gasteiger partial charge on any atom is -0.489 e. The van der Waals surface area contributed by atoms with Crippen LogP contribution in [-0.4, -0.2) is 29.6 Å². The molecule has 2 rings (SSSR count). The average Bonchev–Trinajstić information content (AvgIpc) is 2.95. The van der Waals surface area contributed by atoms with Crippen molar-refractivity contribution in [2.75, 3.05) is 6.54 Å². The summed E-state index contributed by atoms with van der Waals surface area (Å²) in [7, 11) is 0. The predicted molar refractivity (Wildman–Crippen MR) is 79.3 cm³/mol. The maximum absolute atomic E-state index is 11.8. The van der Waals surface area contributed by atoms with Crippen molar-refractivity contribution in [3.8, 4) is 5.75 Å². The van der Waals surface area contributed by atoms with E-state index in [0.29, 0.717) is 0 Å². The molecule has 6 heteroatoms. The van der Waals surface area contributed by atoms with Crippen LogP contribution in [0.5, 0.6) is 5.75 Å². The number of carboxylic acid groups (broad SMARTS) is 1. The van der Waals surface area contributed by atoms with E-state index in [0.717, 1.165) is 11.3 Å². The summed E-state index contributed by atoms with van der Waals surface area (Å²) in [5.74, 6) is -1.27. The van der Waals surface area contributed by atoms with Crippen LogP contribution in [0.2, 0.25) is 0 Å². The van der Waals surface area contributed by atoms with Gasteiger partial charge in [-0.25, -0.2) is 4.79 Å². The fourth-order valence-electron chi connectivity index (χ4n) is 1.86. The van der Waals surface area contributed by atoms with Gasteiger partial charge in [0.1, 0.15) is 11.9 Å². The lowest BCUT2D eigenvalue weighted by atomic mass is 10.2. The number of aromatic carboxylic acids is 1. The smallest absolute Gasteiger partial charge is 0.371 e. The van der Waals surface area contributed by atoms with Crippen LogP contribution in [0, 0.1) is 6.92 Å². The quantitative estimate of drug-likeness (QED) is 0.856. The van der Waals surface area contributed by atoms with Crippen LogP contribution in [0.4, 0.5) is 0 Å². The maximum Gasteiger partial charge on any atom is 0.371 e. The van der Waals surface area contributed by atoms with Gasteiger partial charge in [0.2, 0.25) is 5.76 Å². The molecule has 2 aromatic rings. The molecule has 0 saturated heterocycles. The highest BCUT2D eigenvalue weighted by Gasteiger charge is 2.15. The second-order valence-electron chi connectivity index (χ2n) is 4.92. The molecular weight excluding hydrogens is 286 g/mol. The molecule has 6 nitrogen and oxygen atoms in total. The Balaban J connectivity index is 1.86. The van der Waals surface area contributed by atoms with E-state index in [2.05, 4.69) is 5.32 Å². The van der Waals surface area contributed by atoms with Crippen LogP contribution in [0.25, 0.3) is 0 Å². The second kappa shape index (κ2) is 6.80. The van der Waals surface area contributed by atoms with Crippen molar-refractivity contribution >= 4 is 11.9 Å². The Hall–Kier alpha value is -2.76. The summed E-state index contributed by atoms with van der Waals surface area (Å²) in [4.78, 5) is 22.5. The average molecular weight is 303 g/mol. The van der Waals surface area contributed by atoms with E-state index in [1.165, 1.54) is 12.1 Å². The van der Waals surface area contributed by atoms with Crippen molar-refractivity contribution in [2.45, 2.75) is 20.0 Å². The summed E-state index contributed by atoms with van der Waals surface area (Å²) in [5, 5.41) is 11.4. The number of benzene rings is 1. The van der Waals surface area contributed by atoms with Crippen LogP contribution in [0.15, 0.2) is 40.8 Å². The first kappa shape index (κ1) is 15.6. The van der Waals surface area contributed by atoms with E-state index in [1.54, 1.807) is 0 Å². The van der Waals surface area contributed by atoms with Gasteiger partial charge >= 0.3 is 5.97 Å². The fraction of sp³-hybridized carbons (Fsp3) is 0.250. The third kappa shape index (κ3) is 4.12. The van der Waals surface area contributed by atoms with Crippen LogP contribution in [0.3, 0.4) is 0 Å². The molecule has 1 unspecified atom stereocenters. The Kier molecular flexibility index (Phi) is 4.83. The summed E-state index contributed by atoms with van der Waals surface area (Å²) >= 11 is 0. The van der Waals surface area contributed by atoms with E-state index in [4.69, 9.17) is 14.3 Å². The lowest BCUT2D eigenvalue weighted by molar-refractivity contribution is 0.0659. The molecule has 0 spiro atoms. The molecule has 0 saturated carbocycles. The molecule has 1 atom stereocenters. The Labute approximate surface area is 127 Å². The van der Waals surface area contributed by atoms with E-state index >= 15 is 0 Å². The van der Waals surface area contributed by atoms with Gasteiger partial charge in [0.15, 0.2) is 5.76 Å². The van der Waals surface area contributed by atoms with E-state index < -0.39 is 11.9 Å². The zero-order valence-corrected chi connectivity index (χ0v) is 12.3. The molecule has 1 heterocycles. The second-order valence-corrected chi connectivity index (χ2v) is 4.92. The van der Waals surface area contributed by atoms with Crippen molar-refractivity contribution in [1.29, 1.82) is 0 Å². The first-order valence-electron chi connectivity index (χ1n) is 6.80. The number of carbonyl (C=O) groups is 2. The summed E-state index contributed by atoms with van der Waals surface area (Å²) in [5.41, 5.74) is 1.09. The standard InChI is InChI=1S/C16H17NO5/c1-10-4-3-5-12(8-10)21-11(2)9-17-15(18)13-6-7-14(22-13)16(19)20/h3-8,11H,9H2,1-2H3,(H,17,18)(H,19,20). The number of hydrogen-bond acceptors (Lipinski definition) is 4. The minimum atomic E-state index is -1.21. The van der Waals surface area contributed by atoms with Crippen molar-refractivity contribution < 1.29 is 23.8 Å².